The van der Waals surface area contributed by atoms with Crippen LogP contribution in [0.15, 0.2) is 24.3 Å². The van der Waals surface area contributed by atoms with Crippen molar-refractivity contribution >= 4 is 18.4 Å². The molecule has 1 rings (SSSR count). The van der Waals surface area contributed by atoms with Crippen LogP contribution in [0.5, 0.6) is 0 Å². The van der Waals surface area contributed by atoms with Crippen LogP contribution < -0.4 is 0 Å². The molecule has 0 saturated heterocycles. The van der Waals surface area contributed by atoms with Gasteiger partial charge in [0, 0.05) is 6.54 Å². The summed E-state index contributed by atoms with van der Waals surface area (Å²) in [7, 11) is 1.46. The number of likely N-dealkylation sites (N-methyl/N-ethyl adjacent to an activating group) is 1. The molecule has 0 aliphatic rings. The van der Waals surface area contributed by atoms with Crippen LogP contribution in [0.1, 0.15) is 11.1 Å². The number of hydrogen-bond acceptors (Lipinski definition) is 2. The van der Waals surface area contributed by atoms with E-state index in [1.54, 1.807) is 0 Å². The number of carbonyl (C=O) groups is 1. The van der Waals surface area contributed by atoms with Gasteiger partial charge < -0.3 is 5.11 Å². The maximum atomic E-state index is 12.6. The Morgan fingerprint density at radius 3 is 2.39 bits per heavy atom. The Bertz CT molecular complexity index is 410. The van der Waals surface area contributed by atoms with Crippen molar-refractivity contribution in [3.63, 3.8) is 0 Å². The fourth-order valence-corrected chi connectivity index (χ4v) is 1.51. The molecular formula is C11H13ClF3NO2. The second-order valence-corrected chi connectivity index (χ2v) is 3.72. The third-order valence-corrected chi connectivity index (χ3v) is 2.17. The average Bonchev–Trinajstić information content (AvgIpc) is 2.15. The van der Waals surface area contributed by atoms with Crippen LogP contribution in [0.2, 0.25) is 0 Å². The van der Waals surface area contributed by atoms with Crippen LogP contribution in [-0.4, -0.2) is 29.6 Å². The van der Waals surface area contributed by atoms with Crippen molar-refractivity contribution in [1.29, 1.82) is 0 Å². The quantitative estimate of drug-likeness (QED) is 0.923. The predicted octanol–water partition coefficient (Wildman–Crippen LogP) is 2.64. The highest BCUT2D eigenvalue weighted by Gasteiger charge is 2.32. The van der Waals surface area contributed by atoms with Gasteiger partial charge in [-0.2, -0.15) is 13.2 Å². The molecule has 7 heteroatoms. The molecule has 1 aromatic rings. The van der Waals surface area contributed by atoms with Crippen molar-refractivity contribution in [1.82, 2.24) is 4.90 Å². The average molecular weight is 284 g/mol. The van der Waals surface area contributed by atoms with Gasteiger partial charge in [-0.25, -0.2) is 0 Å². The lowest BCUT2D eigenvalue weighted by Crippen LogP contribution is -2.26. The Morgan fingerprint density at radius 2 is 1.89 bits per heavy atom. The molecule has 0 aromatic heterocycles. The number of nitrogens with zero attached hydrogens (tertiary/aromatic N) is 1. The van der Waals surface area contributed by atoms with Gasteiger partial charge >= 0.3 is 12.1 Å². The van der Waals surface area contributed by atoms with Crippen molar-refractivity contribution in [2.24, 2.45) is 0 Å². The topological polar surface area (TPSA) is 40.5 Å². The number of hydrogen-bond donors (Lipinski definition) is 1. The molecule has 0 aliphatic carbocycles. The second-order valence-electron chi connectivity index (χ2n) is 3.72. The molecule has 0 aliphatic heterocycles. The lowest BCUT2D eigenvalue weighted by Gasteiger charge is -2.18. The Labute approximate surface area is 109 Å². The van der Waals surface area contributed by atoms with Crippen LogP contribution in [0.3, 0.4) is 0 Å². The monoisotopic (exact) mass is 283 g/mol. The van der Waals surface area contributed by atoms with Crippen molar-refractivity contribution in [3.05, 3.63) is 35.4 Å². The Balaban J connectivity index is 0.00000289. The minimum absolute atomic E-state index is 0. The molecule has 0 bridgehead atoms. The summed E-state index contributed by atoms with van der Waals surface area (Å²) in [5.74, 6) is -1.07. The normalized spacial score (nSPS) is 11.2. The van der Waals surface area contributed by atoms with E-state index < -0.39 is 17.7 Å². The van der Waals surface area contributed by atoms with Gasteiger partial charge in [-0.3, -0.25) is 9.69 Å². The Kier molecular flexibility index (Phi) is 6.14. The Morgan fingerprint density at radius 1 is 1.33 bits per heavy atom. The van der Waals surface area contributed by atoms with Gasteiger partial charge in [0.2, 0.25) is 0 Å². The van der Waals surface area contributed by atoms with Crippen molar-refractivity contribution in [2.45, 2.75) is 12.7 Å². The molecule has 0 amide bonds. The number of aliphatic carboxylic acids is 1. The molecule has 0 saturated carbocycles. The predicted molar refractivity (Wildman–Crippen MR) is 62.7 cm³/mol. The molecule has 0 spiro atoms. The van der Waals surface area contributed by atoms with Crippen LogP contribution in [0.4, 0.5) is 13.2 Å². The first-order valence-corrected chi connectivity index (χ1v) is 4.86. The minimum Gasteiger partial charge on any atom is -0.480 e. The van der Waals surface area contributed by atoms with Gasteiger partial charge in [0.25, 0.3) is 0 Å². The van der Waals surface area contributed by atoms with Crippen molar-refractivity contribution in [2.75, 3.05) is 13.6 Å². The summed E-state index contributed by atoms with van der Waals surface area (Å²) < 4.78 is 37.9. The lowest BCUT2D eigenvalue weighted by atomic mass is 10.1. The maximum Gasteiger partial charge on any atom is 0.416 e. The fourth-order valence-electron chi connectivity index (χ4n) is 1.51. The number of benzene rings is 1. The number of halogens is 4. The summed E-state index contributed by atoms with van der Waals surface area (Å²) in [6.07, 6.45) is -4.42. The van der Waals surface area contributed by atoms with Gasteiger partial charge in [-0.15, -0.1) is 12.4 Å². The van der Waals surface area contributed by atoms with E-state index in [1.165, 1.54) is 30.1 Å². The van der Waals surface area contributed by atoms with Gasteiger partial charge in [-0.05, 0) is 18.7 Å². The van der Waals surface area contributed by atoms with Crippen LogP contribution in [-0.2, 0) is 17.5 Å². The standard InChI is InChI=1S/C11H12F3NO2.ClH/c1-15(7-10(16)17)6-8-4-2-3-5-9(8)11(12,13)14;/h2-5H,6-7H2,1H3,(H,16,17);1H. The molecule has 0 atom stereocenters. The fraction of sp³-hybridized carbons (Fsp3) is 0.364. The third-order valence-electron chi connectivity index (χ3n) is 2.17. The summed E-state index contributed by atoms with van der Waals surface area (Å²) in [5, 5.41) is 8.53. The SMILES string of the molecule is CN(CC(=O)O)Cc1ccccc1C(F)(F)F.Cl. The van der Waals surface area contributed by atoms with Gasteiger partial charge in [0.1, 0.15) is 0 Å². The second kappa shape index (κ2) is 6.61. The Hall–Kier alpha value is -1.27. The summed E-state index contributed by atoms with van der Waals surface area (Å²) in [6, 6.07) is 5.15. The molecule has 0 fully saturated rings. The third kappa shape index (κ3) is 4.93. The molecule has 18 heavy (non-hydrogen) atoms. The van der Waals surface area contributed by atoms with Crippen LogP contribution >= 0.6 is 12.4 Å². The largest absolute Gasteiger partial charge is 0.480 e. The molecule has 0 radical (unpaired) electrons. The van der Waals surface area contributed by atoms with E-state index in [-0.39, 0.29) is 31.1 Å². The van der Waals surface area contributed by atoms with Crippen molar-refractivity contribution < 1.29 is 23.1 Å². The first-order valence-electron chi connectivity index (χ1n) is 4.86. The maximum absolute atomic E-state index is 12.6. The van der Waals surface area contributed by atoms with Crippen molar-refractivity contribution in [3.8, 4) is 0 Å². The highest BCUT2D eigenvalue weighted by atomic mass is 35.5. The van der Waals surface area contributed by atoms with Gasteiger partial charge in [0.15, 0.2) is 0 Å². The van der Waals surface area contributed by atoms with E-state index in [9.17, 15) is 18.0 Å². The minimum atomic E-state index is -4.42. The van der Waals surface area contributed by atoms with E-state index in [1.807, 2.05) is 0 Å². The van der Waals surface area contributed by atoms with E-state index in [0.29, 0.717) is 0 Å². The molecule has 3 nitrogen and oxygen atoms in total. The zero-order valence-corrected chi connectivity index (χ0v) is 10.4. The first kappa shape index (κ1) is 16.7. The van der Waals surface area contributed by atoms with Crippen LogP contribution in [0.25, 0.3) is 0 Å². The molecule has 1 aromatic carbocycles. The van der Waals surface area contributed by atoms with E-state index in [0.717, 1.165) is 6.07 Å². The number of alkyl halides is 3. The van der Waals surface area contributed by atoms with E-state index in [4.69, 9.17) is 5.11 Å². The lowest BCUT2D eigenvalue weighted by molar-refractivity contribution is -0.138. The van der Waals surface area contributed by atoms with Crippen LogP contribution in [0, 0.1) is 0 Å². The molecule has 102 valence electrons. The highest BCUT2D eigenvalue weighted by Crippen LogP contribution is 2.32. The zero-order valence-electron chi connectivity index (χ0n) is 9.57. The summed E-state index contributed by atoms with van der Waals surface area (Å²) in [5.41, 5.74) is -0.652. The first-order chi connectivity index (χ1) is 7.80. The van der Waals surface area contributed by atoms with Gasteiger partial charge in [0.05, 0.1) is 12.1 Å². The number of carboxylic acids is 1. The van der Waals surface area contributed by atoms with Gasteiger partial charge in [-0.1, -0.05) is 18.2 Å². The van der Waals surface area contributed by atoms with E-state index >= 15 is 0 Å². The zero-order chi connectivity index (χ0) is 13.1. The molecular weight excluding hydrogens is 271 g/mol. The molecule has 0 heterocycles. The summed E-state index contributed by atoms with van der Waals surface area (Å²) in [4.78, 5) is 11.7. The highest BCUT2D eigenvalue weighted by molar-refractivity contribution is 5.85. The number of rotatable bonds is 4. The molecule has 1 N–H and O–H groups in total. The van der Waals surface area contributed by atoms with E-state index in [2.05, 4.69) is 0 Å². The number of carboxylic acid groups (broad SMARTS) is 1. The molecule has 0 unspecified atom stereocenters. The smallest absolute Gasteiger partial charge is 0.416 e. The summed E-state index contributed by atoms with van der Waals surface area (Å²) in [6.45, 7) is -0.353. The summed E-state index contributed by atoms with van der Waals surface area (Å²) >= 11 is 0.